The van der Waals surface area contributed by atoms with Gasteiger partial charge in [-0.1, -0.05) is 102 Å². The Hall–Kier alpha value is 0.900. The molecule has 1 aliphatic heterocycles. The first-order chi connectivity index (χ1) is 10.8. The van der Waals surface area contributed by atoms with Crippen molar-refractivity contribution in [2.45, 2.75) is 72.2 Å². The standard InChI is InChI=1S/C20H31I2N/c1-5-15-8-6-7-10-19(15,21)16-9-11-20(22)17(13(2)3)12-23-18(20)14(16)4/h9,14-15,17-18,23H,2,5-8,10-12H2,1,3-4H3. The smallest absolute Gasteiger partial charge is 0.0492 e. The van der Waals surface area contributed by atoms with E-state index in [2.05, 4.69) is 83.9 Å². The van der Waals surface area contributed by atoms with E-state index in [-0.39, 0.29) is 0 Å². The first kappa shape index (κ1) is 18.7. The molecule has 0 aromatic rings. The van der Waals surface area contributed by atoms with Gasteiger partial charge in [-0.2, -0.15) is 0 Å². The third-order valence-electron chi connectivity index (χ3n) is 6.82. The van der Waals surface area contributed by atoms with Crippen molar-refractivity contribution in [3.8, 4) is 0 Å². The Morgan fingerprint density at radius 3 is 2.78 bits per heavy atom. The minimum Gasteiger partial charge on any atom is -0.311 e. The van der Waals surface area contributed by atoms with Gasteiger partial charge in [0.2, 0.25) is 0 Å². The fourth-order valence-corrected chi connectivity index (χ4v) is 9.12. The average molecular weight is 539 g/mol. The van der Waals surface area contributed by atoms with Crippen LogP contribution in [0.1, 0.15) is 59.3 Å². The molecule has 0 aromatic carbocycles. The molecular formula is C20H31I2N. The van der Waals surface area contributed by atoms with Crippen LogP contribution in [0.5, 0.6) is 0 Å². The molecule has 130 valence electrons. The van der Waals surface area contributed by atoms with Crippen LogP contribution < -0.4 is 5.32 Å². The normalized spacial score (nSPS) is 47.1. The predicted molar refractivity (Wildman–Crippen MR) is 118 cm³/mol. The van der Waals surface area contributed by atoms with Crippen LogP contribution in [0.3, 0.4) is 0 Å². The van der Waals surface area contributed by atoms with Crippen LogP contribution in [0.15, 0.2) is 23.8 Å². The molecule has 0 bridgehead atoms. The fourth-order valence-electron chi connectivity index (χ4n) is 5.54. The zero-order valence-electron chi connectivity index (χ0n) is 14.8. The van der Waals surface area contributed by atoms with Crippen LogP contribution in [0.2, 0.25) is 0 Å². The second-order valence-corrected chi connectivity index (χ2v) is 12.0. The summed E-state index contributed by atoms with van der Waals surface area (Å²) in [6.45, 7) is 12.5. The van der Waals surface area contributed by atoms with E-state index in [1.54, 1.807) is 5.57 Å². The number of alkyl halides is 2. The van der Waals surface area contributed by atoms with Gasteiger partial charge in [0.05, 0.1) is 0 Å². The Balaban J connectivity index is 1.93. The van der Waals surface area contributed by atoms with E-state index in [9.17, 15) is 0 Å². The van der Waals surface area contributed by atoms with Crippen molar-refractivity contribution in [1.82, 2.24) is 5.32 Å². The highest BCUT2D eigenvalue weighted by Crippen LogP contribution is 2.56. The van der Waals surface area contributed by atoms with Gasteiger partial charge < -0.3 is 5.32 Å². The van der Waals surface area contributed by atoms with E-state index in [4.69, 9.17) is 0 Å². The van der Waals surface area contributed by atoms with Gasteiger partial charge in [0.1, 0.15) is 0 Å². The molecule has 6 unspecified atom stereocenters. The van der Waals surface area contributed by atoms with Gasteiger partial charge in [0.15, 0.2) is 0 Å². The molecule has 2 fully saturated rings. The minimum absolute atomic E-state index is 0.329. The highest BCUT2D eigenvalue weighted by atomic mass is 127. The Morgan fingerprint density at radius 1 is 1.39 bits per heavy atom. The maximum atomic E-state index is 4.28. The van der Waals surface area contributed by atoms with Crippen molar-refractivity contribution in [3.63, 3.8) is 0 Å². The van der Waals surface area contributed by atoms with Gasteiger partial charge in [-0.3, -0.25) is 0 Å². The number of allylic oxidation sites excluding steroid dienone is 1. The Bertz CT molecular complexity index is 514. The van der Waals surface area contributed by atoms with E-state index in [0.29, 0.717) is 24.7 Å². The van der Waals surface area contributed by atoms with Crippen LogP contribution >= 0.6 is 45.2 Å². The van der Waals surface area contributed by atoms with Crippen LogP contribution in [-0.4, -0.2) is 19.4 Å². The van der Waals surface area contributed by atoms with Gasteiger partial charge in [-0.05, 0) is 38.0 Å². The molecule has 1 saturated heterocycles. The number of hydrogen-bond acceptors (Lipinski definition) is 1. The lowest BCUT2D eigenvalue weighted by Gasteiger charge is -2.49. The van der Waals surface area contributed by atoms with Gasteiger partial charge in [-0.15, -0.1) is 0 Å². The average Bonchev–Trinajstić information content (AvgIpc) is 2.86. The molecule has 1 nitrogen and oxygen atoms in total. The highest BCUT2D eigenvalue weighted by Gasteiger charge is 2.55. The van der Waals surface area contributed by atoms with Crippen molar-refractivity contribution in [2.24, 2.45) is 17.8 Å². The van der Waals surface area contributed by atoms with E-state index in [0.717, 1.165) is 12.5 Å². The fraction of sp³-hybridized carbons (Fsp3) is 0.800. The van der Waals surface area contributed by atoms with Crippen LogP contribution in [0, 0.1) is 17.8 Å². The quantitative estimate of drug-likeness (QED) is 0.261. The van der Waals surface area contributed by atoms with Crippen molar-refractivity contribution in [1.29, 1.82) is 0 Å². The first-order valence-corrected chi connectivity index (χ1v) is 11.5. The summed E-state index contributed by atoms with van der Waals surface area (Å²) in [5.41, 5.74) is 3.11. The van der Waals surface area contributed by atoms with Gasteiger partial charge in [0, 0.05) is 25.3 Å². The minimum atomic E-state index is 0.329. The second kappa shape index (κ2) is 6.90. The molecule has 1 saturated carbocycles. The maximum Gasteiger partial charge on any atom is 0.0492 e. The molecule has 0 amide bonds. The zero-order chi connectivity index (χ0) is 16.8. The molecule has 1 heterocycles. The van der Waals surface area contributed by atoms with E-state index in [1.165, 1.54) is 44.1 Å². The van der Waals surface area contributed by atoms with E-state index in [1.807, 2.05) is 0 Å². The van der Waals surface area contributed by atoms with E-state index < -0.39 is 0 Å². The number of fused-ring (bicyclic) bond motifs is 1. The lowest BCUT2D eigenvalue weighted by molar-refractivity contribution is 0.270. The van der Waals surface area contributed by atoms with E-state index >= 15 is 0 Å². The van der Waals surface area contributed by atoms with Crippen LogP contribution in [0.25, 0.3) is 0 Å². The molecule has 0 radical (unpaired) electrons. The molecule has 6 atom stereocenters. The van der Waals surface area contributed by atoms with Crippen LogP contribution in [0.4, 0.5) is 0 Å². The zero-order valence-corrected chi connectivity index (χ0v) is 19.1. The highest BCUT2D eigenvalue weighted by molar-refractivity contribution is 14.1. The third kappa shape index (κ3) is 2.98. The molecule has 3 rings (SSSR count). The third-order valence-corrected chi connectivity index (χ3v) is 10.7. The maximum absolute atomic E-state index is 4.28. The molecule has 0 aromatic heterocycles. The summed E-state index contributed by atoms with van der Waals surface area (Å²) < 4.78 is 0.737. The summed E-state index contributed by atoms with van der Waals surface area (Å²) in [6.07, 6.45) is 10.8. The summed E-state index contributed by atoms with van der Waals surface area (Å²) in [5.74, 6) is 2.13. The molecule has 3 heteroatoms. The second-order valence-electron chi connectivity index (χ2n) is 8.08. The lowest BCUT2D eigenvalue weighted by Crippen LogP contribution is -2.52. The van der Waals surface area contributed by atoms with Crippen molar-refractivity contribution in [3.05, 3.63) is 23.8 Å². The number of halogens is 2. The first-order valence-electron chi connectivity index (χ1n) is 9.31. The van der Waals surface area contributed by atoms with Crippen LogP contribution in [-0.2, 0) is 0 Å². The van der Waals surface area contributed by atoms with Gasteiger partial charge >= 0.3 is 0 Å². The summed E-state index contributed by atoms with van der Waals surface area (Å²) >= 11 is 5.61. The largest absolute Gasteiger partial charge is 0.311 e. The van der Waals surface area contributed by atoms with Crippen molar-refractivity contribution >= 4 is 45.2 Å². The summed E-state index contributed by atoms with van der Waals surface area (Å²) in [5, 5.41) is 3.89. The van der Waals surface area contributed by atoms with Gasteiger partial charge in [-0.25, -0.2) is 0 Å². The summed E-state index contributed by atoms with van der Waals surface area (Å²) in [6, 6.07) is 0.607. The molecule has 23 heavy (non-hydrogen) atoms. The summed E-state index contributed by atoms with van der Waals surface area (Å²) in [7, 11) is 0. The lowest BCUT2D eigenvalue weighted by atomic mass is 9.65. The number of nitrogens with one attached hydrogen (secondary N) is 1. The molecule has 0 spiro atoms. The monoisotopic (exact) mass is 539 g/mol. The van der Waals surface area contributed by atoms with Crippen molar-refractivity contribution in [2.75, 3.05) is 6.54 Å². The van der Waals surface area contributed by atoms with Crippen molar-refractivity contribution < 1.29 is 0 Å². The molecule has 3 aliphatic rings. The Morgan fingerprint density at radius 2 is 2.13 bits per heavy atom. The summed E-state index contributed by atoms with van der Waals surface area (Å²) in [4.78, 5) is 0. The molecule has 1 N–H and O–H groups in total. The molecular weight excluding hydrogens is 508 g/mol. The number of hydrogen-bond donors (Lipinski definition) is 1. The SMILES string of the molecule is C=C(C)C1CNC2C(C)C(C3(I)CCCCC3CC)=CCC12I. The Kier molecular flexibility index (Phi) is 5.60. The number of rotatable bonds is 3. The topological polar surface area (TPSA) is 12.0 Å². The predicted octanol–water partition coefficient (Wildman–Crippen LogP) is 6.06. The Labute approximate surface area is 169 Å². The molecule has 2 aliphatic carbocycles. The van der Waals surface area contributed by atoms with Gasteiger partial charge in [0.25, 0.3) is 0 Å².